The molecule has 10 aromatic rings. The van der Waals surface area contributed by atoms with Gasteiger partial charge in [0.2, 0.25) is 0 Å². The van der Waals surface area contributed by atoms with Crippen molar-refractivity contribution < 1.29 is 0 Å². The van der Waals surface area contributed by atoms with Crippen molar-refractivity contribution >= 4 is 49.3 Å². The molecule has 0 aliphatic heterocycles. The highest BCUT2D eigenvalue weighted by molar-refractivity contribution is 6.27. The van der Waals surface area contributed by atoms with Gasteiger partial charge in [0.25, 0.3) is 0 Å². The van der Waals surface area contributed by atoms with E-state index in [0.717, 1.165) is 56.8 Å². The van der Waals surface area contributed by atoms with Crippen molar-refractivity contribution in [2.24, 2.45) is 0 Å². The molecule has 0 fully saturated rings. The summed E-state index contributed by atoms with van der Waals surface area (Å²) < 4.78 is 2.56. The van der Waals surface area contributed by atoms with Crippen LogP contribution in [0.25, 0.3) is 100 Å². The Labute approximate surface area is 336 Å². The van der Waals surface area contributed by atoms with Crippen LogP contribution >= 0.6 is 0 Å². The minimum absolute atomic E-state index is 0.145. The molecule has 0 unspecified atom stereocenters. The summed E-state index contributed by atoms with van der Waals surface area (Å²) in [6, 6.07) is 58.8. The lowest BCUT2D eigenvalue weighted by atomic mass is 9.82. The maximum Gasteiger partial charge on any atom is 0.164 e. The summed E-state index contributed by atoms with van der Waals surface area (Å²) in [6.45, 7) is 4.74. The van der Waals surface area contributed by atoms with Crippen molar-refractivity contribution in [1.29, 1.82) is 0 Å². The zero-order chi connectivity index (χ0) is 38.5. The number of hydrogen-bond donors (Lipinski definition) is 0. The number of rotatable bonds is 4. The Balaban J connectivity index is 1.23. The Kier molecular flexibility index (Phi) is 6.98. The average Bonchev–Trinajstić information content (AvgIpc) is 3.73. The van der Waals surface area contributed by atoms with Crippen LogP contribution in [0.3, 0.4) is 0 Å². The minimum Gasteiger partial charge on any atom is -0.312 e. The second-order valence-corrected chi connectivity index (χ2v) is 16.1. The summed E-state index contributed by atoms with van der Waals surface area (Å²) in [4.78, 5) is 15.6. The van der Waals surface area contributed by atoms with Crippen LogP contribution in [0.15, 0.2) is 152 Å². The molecule has 0 amide bonds. The van der Waals surface area contributed by atoms with Crippen LogP contribution in [0.1, 0.15) is 42.7 Å². The molecule has 2 heterocycles. The predicted octanol–water partition coefficient (Wildman–Crippen LogP) is 13.1. The van der Waals surface area contributed by atoms with Crippen LogP contribution < -0.4 is 0 Å². The minimum atomic E-state index is -0.145. The number of benzene rings is 7. The first-order valence-corrected chi connectivity index (χ1v) is 20.1. The van der Waals surface area contributed by atoms with Crippen molar-refractivity contribution in [2.45, 2.75) is 32.1 Å². The molecule has 0 atom stereocenters. The van der Waals surface area contributed by atoms with Gasteiger partial charge in [-0.1, -0.05) is 147 Å². The standard InChI is InChI=1S/C54H36N4/c1-54(2)45-27-15-13-24-39(45)42-31-43-40-25-14-16-28-47(40)58(48(43)32-46(42)54)49-30-35(29-44-38-23-10-9-21-36(38)37-22-11-12-26-41(37)50(44)49)53-56-51(33-17-5-3-6-18-33)55-52(57-53)34-19-7-4-8-20-34/h3-11,13-15,17-25,27,29-32H,16,28H2,1-2H3. The highest BCUT2D eigenvalue weighted by Crippen LogP contribution is 2.52. The summed E-state index contributed by atoms with van der Waals surface area (Å²) in [5.41, 5.74) is 13.0. The SMILES string of the molecule is CC1(C)c2ccccc2-c2cc3c4c(n(-c5cc(-c6nc(-c7ccccc7)nc(-c7ccccc7)n6)cc6c7ccccc7c7ccc#cc7c56)c3cc21)CCC=C4. The number of hydrogen-bond acceptors (Lipinski definition) is 3. The highest BCUT2D eigenvalue weighted by atomic mass is 15.0. The largest absolute Gasteiger partial charge is 0.312 e. The Morgan fingerprint density at radius 2 is 1.22 bits per heavy atom. The van der Waals surface area contributed by atoms with Crippen molar-refractivity contribution in [3.63, 3.8) is 0 Å². The zero-order valence-corrected chi connectivity index (χ0v) is 32.2. The first-order valence-electron chi connectivity index (χ1n) is 20.1. The lowest BCUT2D eigenvalue weighted by Gasteiger charge is -2.22. The van der Waals surface area contributed by atoms with Crippen LogP contribution in [-0.4, -0.2) is 19.5 Å². The van der Waals surface area contributed by atoms with Crippen LogP contribution in [-0.2, 0) is 11.8 Å². The van der Waals surface area contributed by atoms with Crippen molar-refractivity contribution in [3.05, 3.63) is 186 Å². The quantitative estimate of drug-likeness (QED) is 0.169. The van der Waals surface area contributed by atoms with Crippen molar-refractivity contribution in [1.82, 2.24) is 19.5 Å². The molecule has 4 nitrogen and oxygen atoms in total. The molecule has 2 aliphatic rings. The fourth-order valence-corrected chi connectivity index (χ4v) is 9.80. The van der Waals surface area contributed by atoms with Gasteiger partial charge in [0, 0.05) is 49.5 Å². The molecule has 0 N–H and O–H groups in total. The summed E-state index contributed by atoms with van der Waals surface area (Å²) in [7, 11) is 0. The average molecular weight is 741 g/mol. The van der Waals surface area contributed by atoms with E-state index in [9.17, 15) is 0 Å². The lowest BCUT2D eigenvalue weighted by molar-refractivity contribution is 0.661. The third-order valence-electron chi connectivity index (χ3n) is 12.5. The number of allylic oxidation sites excluding steroid dienone is 1. The number of aromatic nitrogens is 4. The van der Waals surface area contributed by atoms with Gasteiger partial charge in [-0.25, -0.2) is 15.0 Å². The van der Waals surface area contributed by atoms with E-state index >= 15 is 0 Å². The van der Waals surface area contributed by atoms with E-state index in [0.29, 0.717) is 17.5 Å². The molecule has 0 saturated carbocycles. The second kappa shape index (κ2) is 12.3. The smallest absolute Gasteiger partial charge is 0.164 e. The molecule has 2 aromatic heterocycles. The van der Waals surface area contributed by atoms with E-state index in [4.69, 9.17) is 15.0 Å². The maximum absolute atomic E-state index is 5.25. The third-order valence-corrected chi connectivity index (χ3v) is 12.5. The molecule has 0 saturated heterocycles. The summed E-state index contributed by atoms with van der Waals surface area (Å²) in [6.07, 6.45) is 6.59. The molecule has 8 aromatic carbocycles. The van der Waals surface area contributed by atoms with Crippen LogP contribution in [0.4, 0.5) is 0 Å². The highest BCUT2D eigenvalue weighted by Gasteiger charge is 2.37. The van der Waals surface area contributed by atoms with E-state index in [1.54, 1.807) is 0 Å². The Bertz CT molecular complexity index is 3300. The lowest BCUT2D eigenvalue weighted by Crippen LogP contribution is -2.15. The molecule has 0 bridgehead atoms. The molecule has 0 spiro atoms. The second-order valence-electron chi connectivity index (χ2n) is 16.1. The number of nitrogens with zero attached hydrogens (tertiary/aromatic N) is 4. The van der Waals surface area contributed by atoms with Crippen LogP contribution in [0.5, 0.6) is 0 Å². The van der Waals surface area contributed by atoms with Crippen molar-refractivity contribution in [3.8, 4) is 51.0 Å². The van der Waals surface area contributed by atoms with Gasteiger partial charge in [-0.05, 0) is 93.0 Å². The van der Waals surface area contributed by atoms with E-state index in [2.05, 4.69) is 146 Å². The predicted molar refractivity (Wildman–Crippen MR) is 238 cm³/mol. The van der Waals surface area contributed by atoms with E-state index in [1.165, 1.54) is 55.2 Å². The molecular formula is C54H36N4. The molecular weight excluding hydrogens is 705 g/mol. The van der Waals surface area contributed by atoms with Crippen LogP contribution in [0.2, 0.25) is 0 Å². The fraction of sp³-hybridized carbons (Fsp3) is 0.0926. The van der Waals surface area contributed by atoms with Crippen LogP contribution in [0, 0.1) is 12.1 Å². The van der Waals surface area contributed by atoms with Gasteiger partial charge in [0.1, 0.15) is 0 Å². The van der Waals surface area contributed by atoms with Gasteiger partial charge in [-0.2, -0.15) is 0 Å². The Morgan fingerprint density at radius 1 is 0.569 bits per heavy atom. The topological polar surface area (TPSA) is 43.6 Å². The van der Waals surface area contributed by atoms with Gasteiger partial charge in [-0.15, -0.1) is 0 Å². The normalized spacial score (nSPS) is 13.8. The summed E-state index contributed by atoms with van der Waals surface area (Å²) >= 11 is 0. The molecule has 272 valence electrons. The molecule has 12 rings (SSSR count). The number of fused-ring (bicyclic) bond motifs is 12. The van der Waals surface area contributed by atoms with Gasteiger partial charge in [0.15, 0.2) is 17.5 Å². The zero-order valence-electron chi connectivity index (χ0n) is 32.2. The molecule has 4 heteroatoms. The molecule has 58 heavy (non-hydrogen) atoms. The van der Waals surface area contributed by atoms with E-state index in [1.807, 2.05) is 42.5 Å². The Hall–Kier alpha value is -7.35. The maximum atomic E-state index is 5.25. The van der Waals surface area contributed by atoms with E-state index in [-0.39, 0.29) is 5.41 Å². The van der Waals surface area contributed by atoms with Gasteiger partial charge < -0.3 is 4.57 Å². The summed E-state index contributed by atoms with van der Waals surface area (Å²) in [5, 5.41) is 8.13. The fourth-order valence-electron chi connectivity index (χ4n) is 9.80. The van der Waals surface area contributed by atoms with Gasteiger partial charge in [-0.3, -0.25) is 0 Å². The monoisotopic (exact) mass is 740 g/mol. The molecule has 2 aliphatic carbocycles. The van der Waals surface area contributed by atoms with E-state index < -0.39 is 0 Å². The van der Waals surface area contributed by atoms with Gasteiger partial charge >= 0.3 is 0 Å². The Morgan fingerprint density at radius 3 is 1.97 bits per heavy atom. The van der Waals surface area contributed by atoms with Gasteiger partial charge in [0.05, 0.1) is 11.2 Å². The third kappa shape index (κ3) is 4.74. The summed E-state index contributed by atoms with van der Waals surface area (Å²) in [5.74, 6) is 1.92. The first-order chi connectivity index (χ1) is 28.5. The first kappa shape index (κ1) is 32.9. The molecule has 0 radical (unpaired) electrons. The van der Waals surface area contributed by atoms with Crippen molar-refractivity contribution in [2.75, 3.05) is 0 Å².